The van der Waals surface area contributed by atoms with Crippen LogP contribution in [0.2, 0.25) is 0 Å². The second-order valence-electron chi connectivity index (χ2n) is 9.00. The van der Waals surface area contributed by atoms with Gasteiger partial charge in [0.25, 0.3) is 0 Å². The van der Waals surface area contributed by atoms with Crippen molar-refractivity contribution in [3.8, 4) is 0 Å². The number of nitrogens with one attached hydrogen (secondary N) is 1. The van der Waals surface area contributed by atoms with Crippen molar-refractivity contribution in [2.24, 2.45) is 0 Å². The van der Waals surface area contributed by atoms with Crippen LogP contribution in [0.4, 0.5) is 18.0 Å². The van der Waals surface area contributed by atoms with E-state index in [-0.39, 0.29) is 6.54 Å². The molecule has 1 aromatic carbocycles. The van der Waals surface area contributed by atoms with Crippen LogP contribution in [0.15, 0.2) is 24.3 Å². The molecular formula is C20H25F3N2O4. The molecule has 9 heteroatoms. The first-order chi connectivity index (χ1) is 13.3. The van der Waals surface area contributed by atoms with Crippen molar-refractivity contribution in [1.29, 1.82) is 0 Å². The van der Waals surface area contributed by atoms with E-state index in [0.29, 0.717) is 24.8 Å². The largest absolute Gasteiger partial charge is 0.444 e. The van der Waals surface area contributed by atoms with Crippen molar-refractivity contribution in [1.82, 2.24) is 10.2 Å². The second kappa shape index (κ2) is 6.90. The topological polar surface area (TPSA) is 78.9 Å². The van der Waals surface area contributed by atoms with Gasteiger partial charge in [-0.3, -0.25) is 4.79 Å². The lowest BCUT2D eigenvalue weighted by molar-refractivity contribution is -0.192. The zero-order chi connectivity index (χ0) is 21.7. The minimum Gasteiger partial charge on any atom is -0.444 e. The molecule has 2 N–H and O–H groups in total. The molecule has 1 aromatic rings. The van der Waals surface area contributed by atoms with Gasteiger partial charge in [0.15, 0.2) is 0 Å². The fraction of sp³-hybridized carbons (Fsp3) is 0.600. The lowest BCUT2D eigenvalue weighted by Crippen LogP contribution is -2.84. The van der Waals surface area contributed by atoms with Crippen molar-refractivity contribution in [3.63, 3.8) is 0 Å². The highest BCUT2D eigenvalue weighted by molar-refractivity contribution is 5.79. The number of benzene rings is 1. The fourth-order valence-electron chi connectivity index (χ4n) is 4.31. The molecule has 0 aromatic heterocycles. The number of halogens is 3. The Morgan fingerprint density at radius 1 is 1.21 bits per heavy atom. The second-order valence-corrected chi connectivity index (χ2v) is 9.00. The number of aliphatic hydroxyl groups excluding tert-OH is 1. The minimum atomic E-state index is -4.47. The molecule has 3 aliphatic rings. The molecular weight excluding hydrogens is 389 g/mol. The maximum absolute atomic E-state index is 13.0. The molecule has 3 saturated carbocycles. The summed E-state index contributed by atoms with van der Waals surface area (Å²) in [6, 6.07) is 4.81. The number of amides is 2. The molecule has 160 valence electrons. The Bertz CT molecular complexity index is 797. The molecule has 0 aliphatic heterocycles. The zero-order valence-electron chi connectivity index (χ0n) is 16.6. The molecule has 2 bridgehead atoms. The van der Waals surface area contributed by atoms with Crippen molar-refractivity contribution in [3.05, 3.63) is 35.4 Å². The molecule has 0 unspecified atom stereocenters. The lowest BCUT2D eigenvalue weighted by Gasteiger charge is -2.73. The summed E-state index contributed by atoms with van der Waals surface area (Å²) in [5.74, 6) is -0.548. The number of hydrogen-bond donors (Lipinski definition) is 2. The van der Waals surface area contributed by atoms with E-state index in [1.54, 1.807) is 20.8 Å². The number of rotatable bonds is 5. The number of nitrogens with zero attached hydrogens (tertiary/aromatic N) is 1. The lowest BCUT2D eigenvalue weighted by atomic mass is 9.43. The Balaban J connectivity index is 1.69. The highest BCUT2D eigenvalue weighted by Gasteiger charge is 2.72. The van der Waals surface area contributed by atoms with Crippen LogP contribution >= 0.6 is 0 Å². The minimum absolute atomic E-state index is 0.0359. The highest BCUT2D eigenvalue weighted by Crippen LogP contribution is 2.64. The summed E-state index contributed by atoms with van der Waals surface area (Å²) in [6.45, 7) is 4.51. The van der Waals surface area contributed by atoms with E-state index in [1.807, 2.05) is 0 Å². The predicted molar refractivity (Wildman–Crippen MR) is 97.8 cm³/mol. The molecule has 0 spiro atoms. The molecule has 2 amide bonds. The quantitative estimate of drug-likeness (QED) is 0.776. The van der Waals surface area contributed by atoms with Gasteiger partial charge >= 0.3 is 12.3 Å². The van der Waals surface area contributed by atoms with E-state index in [1.165, 1.54) is 17.0 Å². The number of alkyl halides is 3. The molecule has 3 aliphatic carbocycles. The van der Waals surface area contributed by atoms with Crippen LogP contribution < -0.4 is 5.32 Å². The van der Waals surface area contributed by atoms with Gasteiger partial charge in [-0.15, -0.1) is 0 Å². The first-order valence-electron chi connectivity index (χ1n) is 9.36. The number of hydrogen-bond acceptors (Lipinski definition) is 4. The first kappa shape index (κ1) is 21.4. The molecule has 0 saturated heterocycles. The maximum atomic E-state index is 13.0. The van der Waals surface area contributed by atoms with Crippen LogP contribution in [0.5, 0.6) is 0 Å². The number of alkyl carbamates (subject to hydrolysis) is 1. The average molecular weight is 414 g/mol. The monoisotopic (exact) mass is 414 g/mol. The van der Waals surface area contributed by atoms with Gasteiger partial charge in [0.2, 0.25) is 5.91 Å². The maximum Gasteiger partial charge on any atom is 0.416 e. The summed E-state index contributed by atoms with van der Waals surface area (Å²) in [7, 11) is 0. The summed E-state index contributed by atoms with van der Waals surface area (Å²) in [4.78, 5) is 25.8. The summed E-state index contributed by atoms with van der Waals surface area (Å²) >= 11 is 0. The van der Waals surface area contributed by atoms with E-state index in [0.717, 1.165) is 12.1 Å². The Morgan fingerprint density at radius 2 is 1.83 bits per heavy atom. The summed E-state index contributed by atoms with van der Waals surface area (Å²) in [5, 5.41) is 12.2. The van der Waals surface area contributed by atoms with Gasteiger partial charge in [-0.05, 0) is 57.7 Å². The van der Waals surface area contributed by atoms with Crippen LogP contribution in [-0.2, 0) is 22.3 Å². The molecule has 29 heavy (non-hydrogen) atoms. The molecule has 0 heterocycles. The Kier molecular flexibility index (Phi) is 5.09. The van der Waals surface area contributed by atoms with Crippen LogP contribution in [0.1, 0.15) is 51.2 Å². The number of ether oxygens (including phenoxy) is 1. The Hall–Kier alpha value is -2.29. The number of carbonyl (C=O) groups is 2. The van der Waals surface area contributed by atoms with Gasteiger partial charge in [-0.1, -0.05) is 12.1 Å². The summed E-state index contributed by atoms with van der Waals surface area (Å²) < 4.78 is 44.2. The normalized spacial score (nSPS) is 25.5. The van der Waals surface area contributed by atoms with Crippen molar-refractivity contribution in [2.75, 3.05) is 6.61 Å². The average Bonchev–Trinajstić information content (AvgIpc) is 2.52. The Labute approximate surface area is 167 Å². The smallest absolute Gasteiger partial charge is 0.416 e. The molecule has 0 radical (unpaired) electrons. The molecule has 3 fully saturated rings. The van der Waals surface area contributed by atoms with Crippen LogP contribution in [0.3, 0.4) is 0 Å². The number of aliphatic hydroxyl groups is 1. The highest BCUT2D eigenvalue weighted by atomic mass is 19.4. The summed E-state index contributed by atoms with van der Waals surface area (Å²) in [5.41, 5.74) is -2.12. The molecule has 6 nitrogen and oxygen atoms in total. The van der Waals surface area contributed by atoms with Crippen molar-refractivity contribution in [2.45, 2.75) is 69.4 Å². The summed E-state index contributed by atoms with van der Waals surface area (Å²) in [6.07, 6.45) is -3.58. The van der Waals surface area contributed by atoms with Crippen LogP contribution in [0.25, 0.3) is 0 Å². The zero-order valence-corrected chi connectivity index (χ0v) is 16.6. The van der Waals surface area contributed by atoms with Gasteiger partial charge in [0, 0.05) is 6.54 Å². The SMILES string of the molecule is CC(C)(C)OC(=O)NC12CC(N(Cc3cccc(C(F)(F)F)c3)C(=O)CO)(C1)C2. The van der Waals surface area contributed by atoms with Gasteiger partial charge in [0.1, 0.15) is 12.2 Å². The van der Waals surface area contributed by atoms with E-state index < -0.39 is 47.0 Å². The van der Waals surface area contributed by atoms with Crippen molar-refractivity contribution >= 4 is 12.0 Å². The third-order valence-corrected chi connectivity index (χ3v) is 5.37. The first-order valence-corrected chi connectivity index (χ1v) is 9.36. The van der Waals surface area contributed by atoms with E-state index in [9.17, 15) is 27.9 Å². The van der Waals surface area contributed by atoms with Crippen molar-refractivity contribution < 1.29 is 32.6 Å². The number of carbonyl (C=O) groups excluding carboxylic acids is 2. The molecule has 4 rings (SSSR count). The van der Waals surface area contributed by atoms with Crippen LogP contribution in [0, 0.1) is 0 Å². The van der Waals surface area contributed by atoms with Crippen LogP contribution in [-0.4, -0.2) is 45.3 Å². The van der Waals surface area contributed by atoms with Gasteiger partial charge in [-0.2, -0.15) is 13.2 Å². The third-order valence-electron chi connectivity index (χ3n) is 5.37. The van der Waals surface area contributed by atoms with Gasteiger partial charge < -0.3 is 20.1 Å². The standard InChI is InChI=1S/C20H25F3N2O4/c1-17(2,3)29-16(28)24-18-10-19(11-18,12-18)25(15(27)9-26)8-13-5-4-6-14(7-13)20(21,22)23/h4-7,26H,8-12H2,1-3H3,(H,24,28). The van der Waals surface area contributed by atoms with E-state index >= 15 is 0 Å². The van der Waals surface area contributed by atoms with E-state index in [2.05, 4.69) is 5.32 Å². The third kappa shape index (κ3) is 4.34. The Morgan fingerprint density at radius 3 is 2.34 bits per heavy atom. The predicted octanol–water partition coefficient (Wildman–Crippen LogP) is 3.23. The fourth-order valence-corrected chi connectivity index (χ4v) is 4.31. The molecule has 0 atom stereocenters. The van der Waals surface area contributed by atoms with E-state index in [4.69, 9.17) is 4.74 Å². The van der Waals surface area contributed by atoms with Gasteiger partial charge in [0.05, 0.1) is 16.6 Å². The van der Waals surface area contributed by atoms with Gasteiger partial charge in [-0.25, -0.2) is 4.79 Å².